The van der Waals surface area contributed by atoms with E-state index in [-0.39, 0.29) is 42.8 Å². The summed E-state index contributed by atoms with van der Waals surface area (Å²) < 4.78 is 0. The molecule has 2 atom stereocenters. The van der Waals surface area contributed by atoms with E-state index in [0.29, 0.717) is 25.1 Å². The van der Waals surface area contributed by atoms with Crippen LogP contribution in [0.5, 0.6) is 0 Å². The molecule has 0 spiro atoms. The maximum atomic E-state index is 12.9. The van der Waals surface area contributed by atoms with Crippen LogP contribution in [0, 0.1) is 5.92 Å². The highest BCUT2D eigenvalue weighted by molar-refractivity contribution is 5.98. The molecule has 1 aromatic rings. The Balaban J connectivity index is 1.73. The van der Waals surface area contributed by atoms with Gasteiger partial charge in [-0.15, -0.1) is 0 Å². The average molecular weight is 347 g/mol. The maximum Gasteiger partial charge on any atom is 0.246 e. The molecule has 2 fully saturated rings. The van der Waals surface area contributed by atoms with E-state index >= 15 is 0 Å². The Morgan fingerprint density at radius 1 is 1.40 bits per heavy atom. The molecule has 1 saturated carbocycles. The minimum absolute atomic E-state index is 0.0451. The molecule has 3 amide bonds. The average Bonchev–Trinajstić information content (AvgIpc) is 3.21. The summed E-state index contributed by atoms with van der Waals surface area (Å²) in [6.45, 7) is 0.432. The topological polar surface area (TPSA) is 138 Å². The first-order valence-electron chi connectivity index (χ1n) is 8.35. The van der Waals surface area contributed by atoms with Crippen LogP contribution in [0.4, 0.5) is 0 Å². The molecule has 1 aromatic heterocycles. The number of aromatic nitrogens is 2. The number of likely N-dealkylation sites (tertiary alicyclic amines) is 1. The number of rotatable bonds is 6. The molecule has 9 nitrogen and oxygen atoms in total. The normalized spacial score (nSPS) is 21.7. The van der Waals surface area contributed by atoms with Crippen LogP contribution >= 0.6 is 0 Å². The predicted molar refractivity (Wildman–Crippen MR) is 85.9 cm³/mol. The molecule has 4 N–H and O–H groups in total. The Morgan fingerprint density at radius 3 is 2.76 bits per heavy atom. The molecule has 0 radical (unpaired) electrons. The molecule has 25 heavy (non-hydrogen) atoms. The molecule has 1 aliphatic carbocycles. The van der Waals surface area contributed by atoms with E-state index in [1.54, 1.807) is 6.20 Å². The van der Waals surface area contributed by atoms with Crippen molar-refractivity contribution in [1.29, 1.82) is 0 Å². The van der Waals surface area contributed by atoms with E-state index in [1.807, 2.05) is 0 Å². The van der Waals surface area contributed by atoms with Gasteiger partial charge in [0.1, 0.15) is 17.9 Å². The first kappa shape index (κ1) is 17.1. The number of nitrogens with two attached hydrogens (primary N) is 1. The smallest absolute Gasteiger partial charge is 0.246 e. The highest BCUT2D eigenvalue weighted by atomic mass is 16.2. The number of amides is 3. The fourth-order valence-electron chi connectivity index (χ4n) is 3.30. The first-order chi connectivity index (χ1) is 12.0. The van der Waals surface area contributed by atoms with E-state index in [2.05, 4.69) is 15.3 Å². The summed E-state index contributed by atoms with van der Waals surface area (Å²) in [4.78, 5) is 56.2. The zero-order valence-electron chi connectivity index (χ0n) is 13.7. The molecular weight excluding hydrogens is 326 g/mol. The van der Waals surface area contributed by atoms with Gasteiger partial charge in [0.15, 0.2) is 0 Å². The van der Waals surface area contributed by atoms with Crippen molar-refractivity contribution in [3.05, 3.63) is 18.2 Å². The van der Waals surface area contributed by atoms with Gasteiger partial charge in [-0.05, 0) is 12.8 Å². The Morgan fingerprint density at radius 2 is 2.16 bits per heavy atom. The van der Waals surface area contributed by atoms with Crippen LogP contribution < -0.4 is 11.1 Å². The molecule has 2 heterocycles. The summed E-state index contributed by atoms with van der Waals surface area (Å²) in [5.41, 5.74) is 6.01. The molecule has 3 rings (SSSR count). The zero-order valence-corrected chi connectivity index (χ0v) is 13.7. The van der Waals surface area contributed by atoms with Gasteiger partial charge in [-0.2, -0.15) is 0 Å². The minimum atomic E-state index is -0.841. The lowest BCUT2D eigenvalue weighted by molar-refractivity contribution is -0.143. The SMILES string of the molecule is NC(=O)[C@@H]1CCCN1C(=O)[C@H](Cc1c[nH]cn1)NC(=O)C1CC(=O)C1. The molecule has 2 aliphatic rings. The van der Waals surface area contributed by atoms with Gasteiger partial charge in [-0.25, -0.2) is 4.98 Å². The molecule has 0 aromatic carbocycles. The monoisotopic (exact) mass is 347 g/mol. The van der Waals surface area contributed by atoms with E-state index in [1.165, 1.54) is 11.2 Å². The van der Waals surface area contributed by atoms with Gasteiger partial charge >= 0.3 is 0 Å². The van der Waals surface area contributed by atoms with Crippen LogP contribution in [-0.4, -0.2) is 57.0 Å². The highest BCUT2D eigenvalue weighted by Crippen LogP contribution is 2.24. The van der Waals surface area contributed by atoms with Crippen molar-refractivity contribution in [2.24, 2.45) is 11.7 Å². The molecule has 0 bridgehead atoms. The Labute approximate surface area is 144 Å². The van der Waals surface area contributed by atoms with Crippen LogP contribution in [0.15, 0.2) is 12.5 Å². The lowest BCUT2D eigenvalue weighted by Crippen LogP contribution is -2.55. The van der Waals surface area contributed by atoms with Crippen molar-refractivity contribution >= 4 is 23.5 Å². The highest BCUT2D eigenvalue weighted by Gasteiger charge is 2.39. The third kappa shape index (κ3) is 3.70. The van der Waals surface area contributed by atoms with Gasteiger partial charge in [-0.1, -0.05) is 0 Å². The summed E-state index contributed by atoms with van der Waals surface area (Å²) >= 11 is 0. The number of Topliss-reactive ketones (excluding diaryl/α,β-unsaturated/α-hetero) is 1. The van der Waals surface area contributed by atoms with Gasteiger partial charge in [0.2, 0.25) is 17.7 Å². The summed E-state index contributed by atoms with van der Waals surface area (Å²) in [5.74, 6) is -1.54. The molecule has 1 aliphatic heterocycles. The standard InChI is InChI=1S/C16H21N5O4/c17-14(23)13-2-1-3-21(13)16(25)12(6-10-7-18-8-19-10)20-15(24)9-4-11(22)5-9/h7-9,12-13H,1-6H2,(H2,17,23)(H,18,19)(H,20,24)/t12-,13-/m0/s1. The van der Waals surface area contributed by atoms with Crippen LogP contribution in [-0.2, 0) is 25.6 Å². The van der Waals surface area contributed by atoms with E-state index in [0.717, 1.165) is 0 Å². The number of hydrogen-bond acceptors (Lipinski definition) is 5. The lowest BCUT2D eigenvalue weighted by Gasteiger charge is -2.30. The zero-order chi connectivity index (χ0) is 18.0. The number of hydrogen-bond donors (Lipinski definition) is 3. The molecule has 134 valence electrons. The quantitative estimate of drug-likeness (QED) is 0.599. The third-order valence-electron chi connectivity index (χ3n) is 4.77. The van der Waals surface area contributed by atoms with Gasteiger partial charge in [0.25, 0.3) is 0 Å². The van der Waals surface area contributed by atoms with Crippen LogP contribution in [0.1, 0.15) is 31.4 Å². The van der Waals surface area contributed by atoms with Crippen molar-refractivity contribution < 1.29 is 19.2 Å². The maximum absolute atomic E-state index is 12.9. The number of aromatic amines is 1. The number of imidazole rings is 1. The van der Waals surface area contributed by atoms with Crippen molar-refractivity contribution in [2.75, 3.05) is 6.54 Å². The number of carbonyl (C=O) groups is 4. The summed E-state index contributed by atoms with van der Waals surface area (Å²) in [6, 6.07) is -1.48. The second-order valence-corrected chi connectivity index (χ2v) is 6.56. The number of nitrogens with one attached hydrogen (secondary N) is 2. The minimum Gasteiger partial charge on any atom is -0.368 e. The fraction of sp³-hybridized carbons (Fsp3) is 0.562. The van der Waals surface area contributed by atoms with E-state index < -0.39 is 18.0 Å². The third-order valence-corrected chi connectivity index (χ3v) is 4.77. The Hall–Kier alpha value is -2.71. The predicted octanol–water partition coefficient (Wildman–Crippen LogP) is -1.11. The fourth-order valence-corrected chi connectivity index (χ4v) is 3.30. The van der Waals surface area contributed by atoms with Gasteiger partial charge < -0.3 is 20.9 Å². The number of H-pyrrole nitrogens is 1. The van der Waals surface area contributed by atoms with Crippen molar-refractivity contribution in [3.63, 3.8) is 0 Å². The molecule has 1 saturated heterocycles. The Kier molecular flexibility index (Phi) is 4.82. The van der Waals surface area contributed by atoms with Crippen LogP contribution in [0.25, 0.3) is 0 Å². The summed E-state index contributed by atoms with van der Waals surface area (Å²) in [6.07, 6.45) is 4.99. The largest absolute Gasteiger partial charge is 0.368 e. The van der Waals surface area contributed by atoms with Crippen LogP contribution in [0.2, 0.25) is 0 Å². The second-order valence-electron chi connectivity index (χ2n) is 6.56. The van der Waals surface area contributed by atoms with Gasteiger partial charge in [-0.3, -0.25) is 19.2 Å². The van der Waals surface area contributed by atoms with Gasteiger partial charge in [0, 0.05) is 32.0 Å². The molecule has 0 unspecified atom stereocenters. The second kappa shape index (κ2) is 7.04. The van der Waals surface area contributed by atoms with Crippen molar-refractivity contribution in [1.82, 2.24) is 20.2 Å². The summed E-state index contributed by atoms with van der Waals surface area (Å²) in [7, 11) is 0. The molecular formula is C16H21N5O4. The van der Waals surface area contributed by atoms with E-state index in [4.69, 9.17) is 5.73 Å². The van der Waals surface area contributed by atoms with E-state index in [9.17, 15) is 19.2 Å². The first-order valence-corrected chi connectivity index (χ1v) is 8.35. The van der Waals surface area contributed by atoms with Gasteiger partial charge in [0.05, 0.1) is 17.9 Å². The van der Waals surface area contributed by atoms with Crippen LogP contribution in [0.3, 0.4) is 0 Å². The number of ketones is 1. The number of nitrogens with zero attached hydrogens (tertiary/aromatic N) is 2. The lowest BCUT2D eigenvalue weighted by atomic mass is 9.83. The Bertz CT molecular complexity index is 679. The summed E-state index contributed by atoms with van der Waals surface area (Å²) in [5, 5.41) is 2.73. The number of primary amides is 1. The van der Waals surface area contributed by atoms with Crippen molar-refractivity contribution in [2.45, 2.75) is 44.2 Å². The number of carbonyl (C=O) groups excluding carboxylic acids is 4. The molecule has 9 heteroatoms. The van der Waals surface area contributed by atoms with Crippen molar-refractivity contribution in [3.8, 4) is 0 Å².